The predicted molar refractivity (Wildman–Crippen MR) is 69.4 cm³/mol. The van der Waals surface area contributed by atoms with Crippen LogP contribution in [-0.4, -0.2) is 35.3 Å². The third-order valence-corrected chi connectivity index (χ3v) is 4.33. The summed E-state index contributed by atoms with van der Waals surface area (Å²) in [5.74, 6) is -1.64. The van der Waals surface area contributed by atoms with Gasteiger partial charge in [0.2, 0.25) is 0 Å². The zero-order valence-electron chi connectivity index (χ0n) is 10.9. The number of hydrogen-bond acceptors (Lipinski definition) is 4. The molecule has 1 N–H and O–H groups in total. The maximum Gasteiger partial charge on any atom is 0.406 e. The molecule has 1 aromatic rings. The summed E-state index contributed by atoms with van der Waals surface area (Å²) in [5, 5.41) is 9.35. The molecular weight excluding hydrogens is 293 g/mol. The van der Waals surface area contributed by atoms with Crippen molar-refractivity contribution in [2.24, 2.45) is 0 Å². The van der Waals surface area contributed by atoms with Gasteiger partial charge in [-0.15, -0.1) is 11.3 Å². The topological polar surface area (TPSA) is 53.4 Å². The number of halogens is 3. The standard InChI is InChI=1S/C12H15F3N2O2S/c1-2-5-17(6-12(13,14)15)11-16-9-7(10(18)19)3-4-8(9)20-11/h7H,2-6H2,1H3,(H,18,19). The lowest BCUT2D eigenvalue weighted by Crippen LogP contribution is -2.34. The number of aromatic nitrogens is 1. The Balaban J connectivity index is 2.23. The summed E-state index contributed by atoms with van der Waals surface area (Å²) in [6.07, 6.45) is -2.66. The van der Waals surface area contributed by atoms with Crippen LogP contribution in [0.5, 0.6) is 0 Å². The molecule has 1 heterocycles. The molecule has 20 heavy (non-hydrogen) atoms. The highest BCUT2D eigenvalue weighted by atomic mass is 32.1. The molecule has 0 aliphatic heterocycles. The Morgan fingerprint density at radius 1 is 1.55 bits per heavy atom. The van der Waals surface area contributed by atoms with Gasteiger partial charge in [0.15, 0.2) is 5.13 Å². The van der Waals surface area contributed by atoms with Crippen LogP contribution in [0, 0.1) is 0 Å². The highest BCUT2D eigenvalue weighted by Crippen LogP contribution is 2.40. The molecular formula is C12H15F3N2O2S. The fraction of sp³-hybridized carbons (Fsp3) is 0.667. The molecule has 0 saturated carbocycles. The van der Waals surface area contributed by atoms with Gasteiger partial charge in [-0.25, -0.2) is 4.98 Å². The molecule has 8 heteroatoms. The van der Waals surface area contributed by atoms with E-state index in [1.807, 2.05) is 0 Å². The quantitative estimate of drug-likeness (QED) is 0.908. The van der Waals surface area contributed by atoms with Gasteiger partial charge in [-0.3, -0.25) is 4.79 Å². The number of carboxylic acids is 1. The van der Waals surface area contributed by atoms with Crippen LogP contribution >= 0.6 is 11.3 Å². The van der Waals surface area contributed by atoms with Gasteiger partial charge in [0, 0.05) is 11.4 Å². The summed E-state index contributed by atoms with van der Waals surface area (Å²) in [5.41, 5.74) is 0.445. The average Bonchev–Trinajstić information content (AvgIpc) is 2.84. The van der Waals surface area contributed by atoms with E-state index in [0.29, 0.717) is 25.0 Å². The third-order valence-electron chi connectivity index (χ3n) is 3.14. The predicted octanol–water partition coefficient (Wildman–Crippen LogP) is 3.04. The summed E-state index contributed by atoms with van der Waals surface area (Å²) in [4.78, 5) is 17.2. The SMILES string of the molecule is CCCN(CC(F)(F)F)c1nc2c(s1)CCC2C(=O)O. The second kappa shape index (κ2) is 5.59. The van der Waals surface area contributed by atoms with Crippen molar-refractivity contribution in [1.29, 1.82) is 0 Å². The molecule has 112 valence electrons. The Morgan fingerprint density at radius 3 is 2.80 bits per heavy atom. The number of aryl methyl sites for hydroxylation is 1. The number of rotatable bonds is 5. The molecule has 4 nitrogen and oxygen atoms in total. The van der Waals surface area contributed by atoms with E-state index in [2.05, 4.69) is 4.98 Å². The summed E-state index contributed by atoms with van der Waals surface area (Å²) < 4.78 is 37.7. The minimum absolute atomic E-state index is 0.254. The van der Waals surface area contributed by atoms with Crippen molar-refractivity contribution in [2.45, 2.75) is 38.3 Å². The number of hydrogen-bond donors (Lipinski definition) is 1. The number of fused-ring (bicyclic) bond motifs is 1. The second-order valence-corrected chi connectivity index (χ2v) is 5.83. The van der Waals surface area contributed by atoms with Crippen molar-refractivity contribution in [3.05, 3.63) is 10.6 Å². The van der Waals surface area contributed by atoms with Crippen molar-refractivity contribution >= 4 is 22.4 Å². The van der Waals surface area contributed by atoms with Crippen molar-refractivity contribution in [2.75, 3.05) is 18.0 Å². The Kier molecular flexibility index (Phi) is 4.22. The van der Waals surface area contributed by atoms with E-state index in [-0.39, 0.29) is 11.7 Å². The molecule has 0 fully saturated rings. The van der Waals surface area contributed by atoms with Gasteiger partial charge < -0.3 is 10.0 Å². The molecule has 1 aliphatic rings. The smallest absolute Gasteiger partial charge is 0.406 e. The molecule has 0 amide bonds. The van der Waals surface area contributed by atoms with Gasteiger partial charge in [-0.2, -0.15) is 13.2 Å². The summed E-state index contributed by atoms with van der Waals surface area (Å²) in [7, 11) is 0. The Hall–Kier alpha value is -1.31. The zero-order valence-corrected chi connectivity index (χ0v) is 11.7. The van der Waals surface area contributed by atoms with Gasteiger partial charge in [0.1, 0.15) is 12.5 Å². The Bertz CT molecular complexity index is 501. The molecule has 1 aromatic heterocycles. The molecule has 2 rings (SSSR count). The normalized spacial score (nSPS) is 18.1. The van der Waals surface area contributed by atoms with E-state index >= 15 is 0 Å². The summed E-state index contributed by atoms with van der Waals surface area (Å²) in [6.45, 7) is 0.999. The monoisotopic (exact) mass is 308 g/mol. The van der Waals surface area contributed by atoms with E-state index in [9.17, 15) is 18.0 Å². The minimum atomic E-state index is -4.29. The molecule has 0 radical (unpaired) electrons. The maximum atomic E-state index is 12.6. The number of carboxylic acid groups (broad SMARTS) is 1. The molecule has 1 atom stereocenters. The number of aliphatic carboxylic acids is 1. The van der Waals surface area contributed by atoms with Crippen LogP contribution in [0.3, 0.4) is 0 Å². The summed E-state index contributed by atoms with van der Waals surface area (Å²) in [6, 6.07) is 0. The largest absolute Gasteiger partial charge is 0.481 e. The van der Waals surface area contributed by atoms with Crippen molar-refractivity contribution in [1.82, 2.24) is 4.98 Å². The number of carbonyl (C=O) groups is 1. The summed E-state index contributed by atoms with van der Waals surface area (Å²) >= 11 is 1.18. The van der Waals surface area contributed by atoms with Crippen LogP contribution in [0.25, 0.3) is 0 Å². The first-order valence-electron chi connectivity index (χ1n) is 6.36. The highest BCUT2D eigenvalue weighted by Gasteiger charge is 2.36. The van der Waals surface area contributed by atoms with Gasteiger partial charge in [-0.05, 0) is 19.3 Å². The number of alkyl halides is 3. The lowest BCUT2D eigenvalue weighted by molar-refractivity contribution is -0.138. The van der Waals surface area contributed by atoms with Crippen molar-refractivity contribution < 1.29 is 23.1 Å². The third kappa shape index (κ3) is 3.23. The van der Waals surface area contributed by atoms with E-state index < -0.39 is 24.6 Å². The molecule has 0 saturated heterocycles. The van der Waals surface area contributed by atoms with Crippen LogP contribution in [0.15, 0.2) is 0 Å². The highest BCUT2D eigenvalue weighted by molar-refractivity contribution is 7.15. The lowest BCUT2D eigenvalue weighted by atomic mass is 10.1. The van der Waals surface area contributed by atoms with E-state index in [4.69, 9.17) is 5.11 Å². The minimum Gasteiger partial charge on any atom is -0.481 e. The van der Waals surface area contributed by atoms with Crippen LogP contribution in [0.1, 0.15) is 36.3 Å². The fourth-order valence-corrected chi connectivity index (χ4v) is 3.48. The first-order valence-corrected chi connectivity index (χ1v) is 7.17. The van der Waals surface area contributed by atoms with E-state index in [1.54, 1.807) is 6.92 Å². The van der Waals surface area contributed by atoms with Crippen LogP contribution in [0.2, 0.25) is 0 Å². The molecule has 1 aliphatic carbocycles. The maximum absolute atomic E-state index is 12.6. The van der Waals surface area contributed by atoms with E-state index in [0.717, 1.165) is 4.88 Å². The average molecular weight is 308 g/mol. The molecule has 0 spiro atoms. The number of anilines is 1. The fourth-order valence-electron chi connectivity index (χ4n) is 2.32. The Labute approximate surface area is 118 Å². The van der Waals surface area contributed by atoms with Crippen molar-refractivity contribution in [3.8, 4) is 0 Å². The lowest BCUT2D eigenvalue weighted by Gasteiger charge is -2.22. The number of thiazole rings is 1. The second-order valence-electron chi connectivity index (χ2n) is 4.77. The van der Waals surface area contributed by atoms with Crippen LogP contribution in [0.4, 0.5) is 18.3 Å². The molecule has 1 unspecified atom stereocenters. The molecule has 0 aromatic carbocycles. The van der Waals surface area contributed by atoms with Gasteiger partial charge in [0.05, 0.1) is 5.69 Å². The molecule has 0 bridgehead atoms. The van der Waals surface area contributed by atoms with Gasteiger partial charge >= 0.3 is 12.1 Å². The van der Waals surface area contributed by atoms with E-state index in [1.165, 1.54) is 16.2 Å². The Morgan fingerprint density at radius 2 is 2.25 bits per heavy atom. The zero-order chi connectivity index (χ0) is 14.9. The van der Waals surface area contributed by atoms with Crippen molar-refractivity contribution in [3.63, 3.8) is 0 Å². The number of nitrogens with zero attached hydrogens (tertiary/aromatic N) is 2. The first-order chi connectivity index (χ1) is 9.31. The van der Waals surface area contributed by atoms with Gasteiger partial charge in [0.25, 0.3) is 0 Å². The first kappa shape index (κ1) is 15.1. The van der Waals surface area contributed by atoms with Gasteiger partial charge in [-0.1, -0.05) is 6.92 Å². The van der Waals surface area contributed by atoms with Crippen LogP contribution in [-0.2, 0) is 11.2 Å². The van der Waals surface area contributed by atoms with Crippen LogP contribution < -0.4 is 4.90 Å².